The number of aromatic nitrogens is 2. The second-order valence-corrected chi connectivity index (χ2v) is 7.53. The fraction of sp³-hybridized carbons (Fsp3) is 0.812. The Morgan fingerprint density at radius 2 is 2.23 bits per heavy atom. The standard InChI is InChI=1S/C16H27N3O3/c1-10-17-7-8-19(10)13-14(20)12(11-9-21-15(13)22-11)18-6-5-16(2,3)4/h7-8,11-15,18,20H,5-6,9H2,1-4H3. The minimum absolute atomic E-state index is 0.0833. The summed E-state index contributed by atoms with van der Waals surface area (Å²) in [7, 11) is 0. The Kier molecular flexibility index (Phi) is 4.29. The number of hydrogen-bond acceptors (Lipinski definition) is 5. The zero-order valence-electron chi connectivity index (χ0n) is 13.8. The van der Waals surface area contributed by atoms with Crippen LogP contribution in [0.15, 0.2) is 12.4 Å². The van der Waals surface area contributed by atoms with Crippen LogP contribution in [0, 0.1) is 12.3 Å². The fourth-order valence-electron chi connectivity index (χ4n) is 3.27. The van der Waals surface area contributed by atoms with Crippen molar-refractivity contribution in [2.24, 2.45) is 5.41 Å². The Hall–Kier alpha value is -0.950. The smallest absolute Gasteiger partial charge is 0.181 e. The van der Waals surface area contributed by atoms with Crippen molar-refractivity contribution in [3.63, 3.8) is 0 Å². The quantitative estimate of drug-likeness (QED) is 0.876. The molecule has 0 amide bonds. The summed E-state index contributed by atoms with van der Waals surface area (Å²) in [6.07, 6.45) is 3.63. The van der Waals surface area contributed by atoms with Crippen LogP contribution >= 0.6 is 0 Å². The molecular formula is C16H27N3O3. The molecule has 2 aliphatic heterocycles. The zero-order chi connectivity index (χ0) is 15.9. The predicted molar refractivity (Wildman–Crippen MR) is 82.5 cm³/mol. The molecule has 0 aliphatic carbocycles. The minimum atomic E-state index is -0.556. The highest BCUT2D eigenvalue weighted by Gasteiger charge is 2.50. The summed E-state index contributed by atoms with van der Waals surface area (Å²) in [6, 6.07) is -0.374. The van der Waals surface area contributed by atoms with E-state index < -0.39 is 12.4 Å². The van der Waals surface area contributed by atoms with Gasteiger partial charge >= 0.3 is 0 Å². The molecule has 124 valence electrons. The highest BCUT2D eigenvalue weighted by Crippen LogP contribution is 2.36. The summed E-state index contributed by atoms with van der Waals surface area (Å²) in [4.78, 5) is 4.25. The second-order valence-electron chi connectivity index (χ2n) is 7.53. The second kappa shape index (κ2) is 5.92. The van der Waals surface area contributed by atoms with E-state index in [-0.39, 0.29) is 23.6 Å². The molecule has 6 heteroatoms. The number of aliphatic hydroxyl groups excluding tert-OH is 1. The number of fused-ring (bicyclic) bond motifs is 2. The number of nitrogens with zero attached hydrogens (tertiary/aromatic N) is 2. The minimum Gasteiger partial charge on any atom is -0.389 e. The lowest BCUT2D eigenvalue weighted by molar-refractivity contribution is -0.165. The first kappa shape index (κ1) is 15.9. The number of nitrogens with one attached hydrogen (secondary N) is 1. The Morgan fingerprint density at radius 3 is 2.86 bits per heavy atom. The molecule has 5 unspecified atom stereocenters. The monoisotopic (exact) mass is 309 g/mol. The Morgan fingerprint density at radius 1 is 1.45 bits per heavy atom. The first-order chi connectivity index (χ1) is 10.4. The molecule has 6 nitrogen and oxygen atoms in total. The van der Waals surface area contributed by atoms with Gasteiger partial charge in [-0.3, -0.25) is 0 Å². The molecule has 2 N–H and O–H groups in total. The summed E-state index contributed by atoms with van der Waals surface area (Å²) in [5.74, 6) is 0.857. The van der Waals surface area contributed by atoms with Gasteiger partial charge in [0.2, 0.25) is 0 Å². The first-order valence-corrected chi connectivity index (χ1v) is 8.05. The van der Waals surface area contributed by atoms with Crippen LogP contribution in [0.4, 0.5) is 0 Å². The molecule has 3 rings (SSSR count). The molecule has 5 atom stereocenters. The van der Waals surface area contributed by atoms with Crippen molar-refractivity contribution < 1.29 is 14.6 Å². The van der Waals surface area contributed by atoms with Crippen molar-refractivity contribution in [2.75, 3.05) is 13.2 Å². The normalized spacial score (nSPS) is 35.0. The summed E-state index contributed by atoms with van der Waals surface area (Å²) in [5.41, 5.74) is 0.266. The molecule has 2 aliphatic rings. The van der Waals surface area contributed by atoms with Crippen LogP contribution < -0.4 is 5.32 Å². The van der Waals surface area contributed by atoms with Crippen LogP contribution in [-0.4, -0.2) is 52.3 Å². The van der Waals surface area contributed by atoms with Gasteiger partial charge in [-0.15, -0.1) is 0 Å². The third kappa shape index (κ3) is 3.06. The van der Waals surface area contributed by atoms with Gasteiger partial charge in [0.05, 0.1) is 18.8 Å². The maximum Gasteiger partial charge on any atom is 0.181 e. The van der Waals surface area contributed by atoms with Gasteiger partial charge in [0.1, 0.15) is 18.0 Å². The molecule has 3 heterocycles. The highest BCUT2D eigenvalue weighted by molar-refractivity contribution is 5.04. The molecule has 0 aromatic carbocycles. The van der Waals surface area contributed by atoms with E-state index in [4.69, 9.17) is 9.47 Å². The molecule has 2 saturated heterocycles. The summed E-state index contributed by atoms with van der Waals surface area (Å²) in [6.45, 7) is 9.96. The van der Waals surface area contributed by atoms with Gasteiger partial charge in [0.25, 0.3) is 0 Å². The van der Waals surface area contributed by atoms with E-state index in [1.807, 2.05) is 17.7 Å². The van der Waals surface area contributed by atoms with Crippen molar-refractivity contribution >= 4 is 0 Å². The molecule has 2 fully saturated rings. The van der Waals surface area contributed by atoms with Crippen LogP contribution in [0.25, 0.3) is 0 Å². The molecule has 0 radical (unpaired) electrons. The highest BCUT2D eigenvalue weighted by atomic mass is 16.7. The average Bonchev–Trinajstić information content (AvgIpc) is 3.02. The van der Waals surface area contributed by atoms with E-state index in [2.05, 4.69) is 31.1 Å². The zero-order valence-corrected chi connectivity index (χ0v) is 13.8. The largest absolute Gasteiger partial charge is 0.389 e. The molecule has 22 heavy (non-hydrogen) atoms. The number of hydrogen-bond donors (Lipinski definition) is 2. The van der Waals surface area contributed by atoms with Crippen LogP contribution in [-0.2, 0) is 9.47 Å². The van der Waals surface area contributed by atoms with Crippen LogP contribution in [0.2, 0.25) is 0 Å². The van der Waals surface area contributed by atoms with Crippen LogP contribution in [0.1, 0.15) is 39.1 Å². The van der Waals surface area contributed by atoms with E-state index >= 15 is 0 Å². The molecule has 1 aromatic heterocycles. The third-order valence-electron chi connectivity index (χ3n) is 4.57. The number of aryl methyl sites for hydroxylation is 1. The van der Waals surface area contributed by atoms with Gasteiger partial charge in [-0.1, -0.05) is 20.8 Å². The van der Waals surface area contributed by atoms with Crippen LogP contribution in [0.5, 0.6) is 0 Å². The van der Waals surface area contributed by atoms with E-state index in [1.165, 1.54) is 0 Å². The first-order valence-electron chi connectivity index (χ1n) is 8.05. The van der Waals surface area contributed by atoms with Crippen molar-refractivity contribution in [3.05, 3.63) is 18.2 Å². The van der Waals surface area contributed by atoms with E-state index in [9.17, 15) is 5.11 Å². The van der Waals surface area contributed by atoms with Crippen molar-refractivity contribution in [1.29, 1.82) is 0 Å². The van der Waals surface area contributed by atoms with Gasteiger partial charge in [-0.05, 0) is 25.3 Å². The Bertz CT molecular complexity index is 511. The number of rotatable bonds is 4. The number of imidazole rings is 1. The molecule has 2 bridgehead atoms. The van der Waals surface area contributed by atoms with Gasteiger partial charge < -0.3 is 24.5 Å². The maximum atomic E-state index is 10.9. The SMILES string of the molecule is Cc1nccn1C1C2OCC(O2)C(NCCC(C)(C)C)C1O. The fourth-order valence-corrected chi connectivity index (χ4v) is 3.27. The summed E-state index contributed by atoms with van der Waals surface area (Å²) in [5, 5.41) is 14.3. The van der Waals surface area contributed by atoms with Gasteiger partial charge in [-0.25, -0.2) is 4.98 Å². The molecule has 1 aromatic rings. The van der Waals surface area contributed by atoms with E-state index in [0.29, 0.717) is 6.61 Å². The molecule has 0 spiro atoms. The van der Waals surface area contributed by atoms with Gasteiger partial charge in [0, 0.05) is 12.4 Å². The lowest BCUT2D eigenvalue weighted by Crippen LogP contribution is -2.58. The number of ether oxygens (including phenoxy) is 2. The van der Waals surface area contributed by atoms with Crippen LogP contribution in [0.3, 0.4) is 0 Å². The van der Waals surface area contributed by atoms with E-state index in [1.54, 1.807) is 6.20 Å². The number of aliphatic hydroxyl groups is 1. The Labute approximate surface area is 131 Å². The third-order valence-corrected chi connectivity index (χ3v) is 4.57. The lowest BCUT2D eigenvalue weighted by Gasteiger charge is -2.40. The molecular weight excluding hydrogens is 282 g/mol. The van der Waals surface area contributed by atoms with Crippen molar-refractivity contribution in [1.82, 2.24) is 14.9 Å². The predicted octanol–water partition coefficient (Wildman–Crippen LogP) is 1.24. The summed E-state index contributed by atoms with van der Waals surface area (Å²) >= 11 is 0. The molecule has 0 saturated carbocycles. The Balaban J connectivity index is 1.73. The summed E-state index contributed by atoms with van der Waals surface area (Å²) < 4.78 is 13.7. The topological polar surface area (TPSA) is 68.5 Å². The lowest BCUT2D eigenvalue weighted by atomic mass is 9.91. The van der Waals surface area contributed by atoms with Crippen molar-refractivity contribution in [3.8, 4) is 0 Å². The van der Waals surface area contributed by atoms with Crippen molar-refractivity contribution in [2.45, 2.75) is 64.7 Å². The average molecular weight is 309 g/mol. The van der Waals surface area contributed by atoms with Gasteiger partial charge in [0.15, 0.2) is 6.29 Å². The van der Waals surface area contributed by atoms with Gasteiger partial charge in [-0.2, -0.15) is 0 Å². The van der Waals surface area contributed by atoms with E-state index in [0.717, 1.165) is 18.8 Å². The maximum absolute atomic E-state index is 10.9.